The van der Waals surface area contributed by atoms with Gasteiger partial charge in [0.25, 0.3) is 5.91 Å². The molecule has 1 aromatic rings. The second-order valence-corrected chi connectivity index (χ2v) is 6.29. The molecule has 2 heterocycles. The molecular formula is C17H22FNO3. The fourth-order valence-electron chi connectivity index (χ4n) is 3.56. The highest BCUT2D eigenvalue weighted by Crippen LogP contribution is 2.39. The second kappa shape index (κ2) is 6.24. The van der Waals surface area contributed by atoms with E-state index in [1.165, 1.54) is 19.2 Å². The number of carbonyl (C=O) groups is 1. The van der Waals surface area contributed by atoms with Crippen LogP contribution in [0.5, 0.6) is 5.75 Å². The number of carbonyl (C=O) groups excluding carboxylic acids is 1. The summed E-state index contributed by atoms with van der Waals surface area (Å²) in [6.07, 6.45) is 4.08. The molecule has 0 bridgehead atoms. The Bertz CT molecular complexity index is 549. The predicted octanol–water partition coefficient (Wildman–Crippen LogP) is 2.87. The Hall–Kier alpha value is -1.62. The third kappa shape index (κ3) is 2.95. The third-order valence-corrected chi connectivity index (χ3v) is 4.91. The predicted molar refractivity (Wildman–Crippen MR) is 80.6 cm³/mol. The maximum Gasteiger partial charge on any atom is 0.256 e. The number of ether oxygens (including phenoxy) is 2. The zero-order valence-electron chi connectivity index (χ0n) is 12.9. The molecule has 4 nitrogen and oxygen atoms in total. The van der Waals surface area contributed by atoms with E-state index in [2.05, 4.69) is 0 Å². The molecule has 0 N–H and O–H groups in total. The Morgan fingerprint density at radius 2 is 2.09 bits per heavy atom. The van der Waals surface area contributed by atoms with Crippen molar-refractivity contribution in [3.05, 3.63) is 29.6 Å². The first-order valence-corrected chi connectivity index (χ1v) is 7.84. The van der Waals surface area contributed by atoms with Crippen LogP contribution in [-0.4, -0.2) is 44.2 Å². The topological polar surface area (TPSA) is 38.8 Å². The summed E-state index contributed by atoms with van der Waals surface area (Å²) < 4.78 is 24.6. The van der Waals surface area contributed by atoms with Gasteiger partial charge in [0.1, 0.15) is 11.6 Å². The molecule has 1 amide bonds. The van der Waals surface area contributed by atoms with Gasteiger partial charge in [-0.25, -0.2) is 4.39 Å². The lowest BCUT2D eigenvalue weighted by Gasteiger charge is -2.45. The van der Waals surface area contributed by atoms with Crippen molar-refractivity contribution in [2.75, 3.05) is 33.4 Å². The van der Waals surface area contributed by atoms with Gasteiger partial charge in [-0.2, -0.15) is 0 Å². The van der Waals surface area contributed by atoms with E-state index in [-0.39, 0.29) is 16.9 Å². The van der Waals surface area contributed by atoms with E-state index in [0.717, 1.165) is 38.9 Å². The molecule has 1 aromatic carbocycles. The molecule has 0 unspecified atom stereocenters. The van der Waals surface area contributed by atoms with Crippen LogP contribution in [0, 0.1) is 11.2 Å². The summed E-state index contributed by atoms with van der Waals surface area (Å²) in [6.45, 7) is 2.94. The number of hydrogen-bond acceptors (Lipinski definition) is 3. The van der Waals surface area contributed by atoms with Gasteiger partial charge in [-0.3, -0.25) is 4.79 Å². The number of rotatable bonds is 2. The van der Waals surface area contributed by atoms with Crippen LogP contribution in [0.4, 0.5) is 4.39 Å². The van der Waals surface area contributed by atoms with E-state index in [1.807, 2.05) is 0 Å². The van der Waals surface area contributed by atoms with Crippen molar-refractivity contribution in [3.8, 4) is 5.75 Å². The fraction of sp³-hybridized carbons (Fsp3) is 0.588. The highest BCUT2D eigenvalue weighted by Gasteiger charge is 2.38. The van der Waals surface area contributed by atoms with Gasteiger partial charge >= 0.3 is 0 Å². The molecular weight excluding hydrogens is 285 g/mol. The minimum absolute atomic E-state index is 0.130. The zero-order valence-corrected chi connectivity index (χ0v) is 12.9. The molecule has 22 heavy (non-hydrogen) atoms. The Balaban J connectivity index is 1.76. The van der Waals surface area contributed by atoms with E-state index >= 15 is 0 Å². The van der Waals surface area contributed by atoms with Crippen LogP contribution in [0.1, 0.15) is 36.0 Å². The van der Waals surface area contributed by atoms with Gasteiger partial charge in [0.05, 0.1) is 12.7 Å². The maximum atomic E-state index is 14.1. The van der Waals surface area contributed by atoms with Crippen molar-refractivity contribution in [3.63, 3.8) is 0 Å². The molecule has 2 fully saturated rings. The van der Waals surface area contributed by atoms with Gasteiger partial charge in [0, 0.05) is 32.4 Å². The van der Waals surface area contributed by atoms with Crippen molar-refractivity contribution in [1.82, 2.24) is 4.90 Å². The summed E-state index contributed by atoms with van der Waals surface area (Å²) in [7, 11) is 1.48. The third-order valence-electron chi connectivity index (χ3n) is 4.91. The van der Waals surface area contributed by atoms with Crippen LogP contribution in [0.2, 0.25) is 0 Å². The summed E-state index contributed by atoms with van der Waals surface area (Å²) in [5, 5.41) is 0. The van der Waals surface area contributed by atoms with Crippen molar-refractivity contribution in [2.45, 2.75) is 25.7 Å². The number of hydrogen-bond donors (Lipinski definition) is 0. The molecule has 2 aliphatic heterocycles. The summed E-state index contributed by atoms with van der Waals surface area (Å²) in [5.74, 6) is -0.310. The summed E-state index contributed by atoms with van der Waals surface area (Å²) >= 11 is 0. The maximum absolute atomic E-state index is 14.1. The quantitative estimate of drug-likeness (QED) is 0.843. The van der Waals surface area contributed by atoms with Crippen LogP contribution in [0.15, 0.2) is 18.2 Å². The number of methoxy groups -OCH3 is 1. The fourth-order valence-corrected chi connectivity index (χ4v) is 3.56. The smallest absolute Gasteiger partial charge is 0.256 e. The van der Waals surface area contributed by atoms with E-state index in [9.17, 15) is 9.18 Å². The molecule has 5 heteroatoms. The molecule has 3 rings (SSSR count). The van der Waals surface area contributed by atoms with Gasteiger partial charge in [0.15, 0.2) is 0 Å². The van der Waals surface area contributed by atoms with Crippen LogP contribution in [0.25, 0.3) is 0 Å². The molecule has 2 saturated heterocycles. The highest BCUT2D eigenvalue weighted by atomic mass is 19.1. The van der Waals surface area contributed by atoms with Crippen molar-refractivity contribution >= 4 is 5.91 Å². The molecule has 0 aromatic heterocycles. The molecule has 120 valence electrons. The Morgan fingerprint density at radius 3 is 2.77 bits per heavy atom. The lowest BCUT2D eigenvalue weighted by molar-refractivity contribution is -0.0230. The number of halogens is 1. The summed E-state index contributed by atoms with van der Waals surface area (Å²) in [4.78, 5) is 14.5. The van der Waals surface area contributed by atoms with E-state index in [1.54, 1.807) is 11.0 Å². The van der Waals surface area contributed by atoms with Crippen LogP contribution >= 0.6 is 0 Å². The second-order valence-electron chi connectivity index (χ2n) is 6.29. The Labute approximate surface area is 130 Å². The van der Waals surface area contributed by atoms with Gasteiger partial charge < -0.3 is 14.4 Å². The van der Waals surface area contributed by atoms with Crippen LogP contribution < -0.4 is 4.74 Å². The standard InChI is InChI=1S/C17H22FNO3/c1-21-13-3-4-14(15(18)11-13)16(20)19-8-2-5-17(12-19)6-9-22-10-7-17/h3-4,11H,2,5-10,12H2,1H3. The minimum Gasteiger partial charge on any atom is -0.497 e. The van der Waals surface area contributed by atoms with Gasteiger partial charge in [0.2, 0.25) is 0 Å². The SMILES string of the molecule is COc1ccc(C(=O)N2CCCC3(CCOCC3)C2)c(F)c1. The number of benzene rings is 1. The number of nitrogens with zero attached hydrogens (tertiary/aromatic N) is 1. The molecule has 1 spiro atoms. The monoisotopic (exact) mass is 307 g/mol. The molecule has 0 aliphatic carbocycles. The summed E-state index contributed by atoms with van der Waals surface area (Å²) in [5.41, 5.74) is 0.291. The van der Waals surface area contributed by atoms with E-state index in [4.69, 9.17) is 9.47 Å². The first-order valence-electron chi connectivity index (χ1n) is 7.84. The zero-order chi connectivity index (χ0) is 15.6. The van der Waals surface area contributed by atoms with Crippen molar-refractivity contribution in [1.29, 1.82) is 0 Å². The van der Waals surface area contributed by atoms with E-state index < -0.39 is 5.82 Å². The van der Waals surface area contributed by atoms with Crippen LogP contribution in [0.3, 0.4) is 0 Å². The Kier molecular flexibility index (Phi) is 4.34. The normalized spacial score (nSPS) is 20.9. The first kappa shape index (κ1) is 15.3. The lowest BCUT2D eigenvalue weighted by atomic mass is 9.74. The molecule has 0 atom stereocenters. The number of likely N-dealkylation sites (tertiary alicyclic amines) is 1. The highest BCUT2D eigenvalue weighted by molar-refractivity contribution is 5.94. The molecule has 2 aliphatic rings. The number of amides is 1. The molecule has 0 radical (unpaired) electrons. The first-order chi connectivity index (χ1) is 10.6. The van der Waals surface area contributed by atoms with E-state index in [0.29, 0.717) is 18.8 Å². The van der Waals surface area contributed by atoms with Crippen LogP contribution in [-0.2, 0) is 4.74 Å². The minimum atomic E-state index is -0.518. The summed E-state index contributed by atoms with van der Waals surface area (Å²) in [6, 6.07) is 4.41. The van der Waals surface area contributed by atoms with Gasteiger partial charge in [-0.1, -0.05) is 0 Å². The number of piperidine rings is 1. The Morgan fingerprint density at radius 1 is 1.32 bits per heavy atom. The van der Waals surface area contributed by atoms with Crippen molar-refractivity contribution in [2.24, 2.45) is 5.41 Å². The van der Waals surface area contributed by atoms with Gasteiger partial charge in [-0.05, 0) is 43.2 Å². The average Bonchev–Trinajstić information content (AvgIpc) is 2.55. The molecule has 0 saturated carbocycles. The lowest BCUT2D eigenvalue weighted by Crippen LogP contribution is -2.48. The van der Waals surface area contributed by atoms with Gasteiger partial charge in [-0.15, -0.1) is 0 Å². The largest absolute Gasteiger partial charge is 0.497 e. The average molecular weight is 307 g/mol. The van der Waals surface area contributed by atoms with Crippen molar-refractivity contribution < 1.29 is 18.7 Å².